The lowest BCUT2D eigenvalue weighted by atomic mass is 9.90. The second kappa shape index (κ2) is 15.6. The van der Waals surface area contributed by atoms with Crippen LogP contribution in [0.3, 0.4) is 0 Å². The first-order chi connectivity index (χ1) is 23.1. The number of aliphatic hydroxyl groups excluding tert-OH is 9. The second-order valence-corrected chi connectivity index (χ2v) is 11.6. The van der Waals surface area contributed by atoms with E-state index in [0.717, 1.165) is 0 Å². The van der Waals surface area contributed by atoms with Crippen LogP contribution in [0, 0.1) is 0 Å². The summed E-state index contributed by atoms with van der Waals surface area (Å²) in [5.74, 6) is 0.650. The number of methoxy groups -OCH3 is 2. The minimum absolute atomic E-state index is 0.0536. The van der Waals surface area contributed by atoms with Gasteiger partial charge in [0.05, 0.1) is 46.6 Å². The predicted molar refractivity (Wildman–Crippen MR) is 162 cm³/mol. The summed E-state index contributed by atoms with van der Waals surface area (Å²) in [4.78, 5) is 0. The Bertz CT molecular complexity index is 1400. The van der Waals surface area contributed by atoms with Crippen molar-refractivity contribution in [3.63, 3.8) is 0 Å². The van der Waals surface area contributed by atoms with E-state index in [0.29, 0.717) is 28.2 Å². The third-order valence-corrected chi connectivity index (χ3v) is 8.66. The third-order valence-electron chi connectivity index (χ3n) is 8.66. The van der Waals surface area contributed by atoms with Crippen LogP contribution in [0.15, 0.2) is 36.4 Å². The molecule has 2 fully saturated rings. The number of benzene rings is 2. The quantitative estimate of drug-likeness (QED) is 0.117. The van der Waals surface area contributed by atoms with E-state index >= 15 is 0 Å². The molecule has 9 N–H and O–H groups in total. The van der Waals surface area contributed by atoms with Crippen molar-refractivity contribution in [2.45, 2.75) is 73.4 Å². The summed E-state index contributed by atoms with van der Waals surface area (Å²) < 4.78 is 39.5. The van der Waals surface area contributed by atoms with Gasteiger partial charge in [0.1, 0.15) is 54.9 Å². The number of hydrogen-bond acceptors (Lipinski definition) is 16. The molecule has 48 heavy (non-hydrogen) atoms. The summed E-state index contributed by atoms with van der Waals surface area (Å²) in [6.45, 7) is -1.53. The largest absolute Gasteiger partial charge is 0.493 e. The van der Waals surface area contributed by atoms with Crippen LogP contribution in [0.5, 0.6) is 23.0 Å². The van der Waals surface area contributed by atoms with E-state index in [1.165, 1.54) is 20.3 Å². The molecular weight excluding hydrogens is 640 g/mol. The van der Waals surface area contributed by atoms with E-state index in [1.807, 2.05) is 6.07 Å². The number of fused-ring (bicyclic) bond motifs is 1. The molecule has 2 saturated heterocycles. The monoisotopic (exact) mass is 682 g/mol. The number of ether oxygens (including phenoxy) is 7. The Hall–Kier alpha value is -3.10. The Morgan fingerprint density at radius 3 is 1.92 bits per heavy atom. The van der Waals surface area contributed by atoms with E-state index in [9.17, 15) is 46.0 Å². The molecule has 3 heterocycles. The maximum atomic E-state index is 10.5. The van der Waals surface area contributed by atoms with Crippen LogP contribution in [0.4, 0.5) is 0 Å². The Kier molecular flexibility index (Phi) is 11.8. The molecule has 5 rings (SSSR count). The topological polar surface area (TPSA) is 247 Å². The fourth-order valence-electron chi connectivity index (χ4n) is 5.95. The highest BCUT2D eigenvalue weighted by Crippen LogP contribution is 2.51. The van der Waals surface area contributed by atoms with Gasteiger partial charge in [0.25, 0.3) is 0 Å². The van der Waals surface area contributed by atoms with E-state index in [1.54, 1.807) is 30.4 Å². The molecule has 3 aliphatic rings. The van der Waals surface area contributed by atoms with Crippen molar-refractivity contribution in [1.82, 2.24) is 0 Å². The van der Waals surface area contributed by atoms with Crippen molar-refractivity contribution in [3.05, 3.63) is 53.1 Å². The van der Waals surface area contributed by atoms with Crippen molar-refractivity contribution in [2.75, 3.05) is 40.6 Å². The lowest BCUT2D eigenvalue weighted by molar-refractivity contribution is -0.298. The molecule has 0 bridgehead atoms. The number of hydrogen-bond donors (Lipinski definition) is 9. The summed E-state index contributed by atoms with van der Waals surface area (Å²) in [5.41, 5.74) is 1.94. The highest BCUT2D eigenvalue weighted by Gasteiger charge is 2.46. The predicted octanol–water partition coefficient (Wildman–Crippen LogP) is -2.08. The summed E-state index contributed by atoms with van der Waals surface area (Å²) in [6.07, 6.45) is -11.6. The van der Waals surface area contributed by atoms with Crippen molar-refractivity contribution in [2.24, 2.45) is 0 Å². The average Bonchev–Trinajstić information content (AvgIpc) is 3.48. The fraction of sp³-hybridized carbons (Fsp3) is 0.562. The van der Waals surface area contributed by atoms with Gasteiger partial charge in [-0.1, -0.05) is 18.2 Å². The van der Waals surface area contributed by atoms with Gasteiger partial charge in [-0.05, 0) is 35.4 Å². The maximum absolute atomic E-state index is 10.5. The van der Waals surface area contributed by atoms with Gasteiger partial charge in [0.2, 0.25) is 6.29 Å². The zero-order valence-corrected chi connectivity index (χ0v) is 26.2. The SMILES string of the molecule is COc1cc([C@H]2Oc3c(OC)cc(C=CCO[C@@H]4O[C@H](CO)[C@@H](O)[C@H](O)[C@H]4O)cc3[C@@H]2CO)ccc1O[C@@H]1O[C@H](CO)[C@@H](O)[C@H](O)[C@H]1O. The van der Waals surface area contributed by atoms with E-state index in [-0.39, 0.29) is 24.7 Å². The Balaban J connectivity index is 1.30. The molecule has 266 valence electrons. The molecule has 12 atom stereocenters. The zero-order valence-electron chi connectivity index (χ0n) is 26.2. The zero-order chi connectivity index (χ0) is 34.7. The summed E-state index contributed by atoms with van der Waals surface area (Å²) in [7, 11) is 2.88. The molecular formula is C32H42O16. The van der Waals surface area contributed by atoms with Gasteiger partial charge in [-0.2, -0.15) is 0 Å². The summed E-state index contributed by atoms with van der Waals surface area (Å²) in [6, 6.07) is 8.37. The fourth-order valence-corrected chi connectivity index (χ4v) is 5.95. The lowest BCUT2D eigenvalue weighted by Crippen LogP contribution is -2.60. The van der Waals surface area contributed by atoms with Gasteiger partial charge < -0.3 is 79.1 Å². The van der Waals surface area contributed by atoms with Gasteiger partial charge in [0.15, 0.2) is 29.3 Å². The van der Waals surface area contributed by atoms with Crippen LogP contribution < -0.4 is 18.9 Å². The minimum Gasteiger partial charge on any atom is -0.493 e. The molecule has 0 radical (unpaired) electrons. The van der Waals surface area contributed by atoms with Crippen LogP contribution >= 0.6 is 0 Å². The number of aliphatic hydroxyl groups is 9. The van der Waals surface area contributed by atoms with Crippen LogP contribution in [-0.2, 0) is 14.2 Å². The molecule has 0 aromatic heterocycles. The maximum Gasteiger partial charge on any atom is 0.229 e. The van der Waals surface area contributed by atoms with Gasteiger partial charge >= 0.3 is 0 Å². The first-order valence-corrected chi connectivity index (χ1v) is 15.3. The Morgan fingerprint density at radius 2 is 1.31 bits per heavy atom. The molecule has 0 saturated carbocycles. The first kappa shape index (κ1) is 36.2. The highest BCUT2D eigenvalue weighted by molar-refractivity contribution is 5.62. The van der Waals surface area contributed by atoms with Crippen LogP contribution in [0.1, 0.15) is 28.7 Å². The average molecular weight is 683 g/mol. The van der Waals surface area contributed by atoms with Gasteiger partial charge in [-0.15, -0.1) is 0 Å². The molecule has 0 unspecified atom stereocenters. The van der Waals surface area contributed by atoms with E-state index < -0.39 is 86.6 Å². The second-order valence-electron chi connectivity index (χ2n) is 11.6. The first-order valence-electron chi connectivity index (χ1n) is 15.3. The normalized spacial score (nSPS) is 34.9. The molecule has 0 spiro atoms. The van der Waals surface area contributed by atoms with Crippen LogP contribution in [-0.4, -0.2) is 148 Å². The Morgan fingerprint density at radius 1 is 0.688 bits per heavy atom. The highest BCUT2D eigenvalue weighted by atomic mass is 16.7. The lowest BCUT2D eigenvalue weighted by Gasteiger charge is -2.39. The molecule has 2 aromatic rings. The third kappa shape index (κ3) is 7.11. The summed E-state index contributed by atoms with van der Waals surface area (Å²) >= 11 is 0. The summed E-state index contributed by atoms with van der Waals surface area (Å²) in [5, 5.41) is 90.0. The van der Waals surface area contributed by atoms with E-state index in [4.69, 9.17) is 33.2 Å². The molecule has 0 amide bonds. The molecule has 16 heteroatoms. The molecule has 0 aliphatic carbocycles. The van der Waals surface area contributed by atoms with Crippen molar-refractivity contribution < 1.29 is 79.1 Å². The molecule has 16 nitrogen and oxygen atoms in total. The van der Waals surface area contributed by atoms with Gasteiger partial charge in [-0.3, -0.25) is 0 Å². The van der Waals surface area contributed by atoms with Crippen molar-refractivity contribution >= 4 is 6.08 Å². The van der Waals surface area contributed by atoms with Crippen LogP contribution in [0.2, 0.25) is 0 Å². The standard InChI is InChI=1S/C32H42O16/c1-42-19-10-15(5-6-18(19)45-32-28(41)26(39)24(37)22(13-35)47-32)29-17(11-33)16-8-14(9-20(43-2)30(16)48-29)4-3-7-44-31-27(40)25(38)23(36)21(12-34)46-31/h3-6,8-10,17,21-29,31-41H,7,11-13H2,1-2H3/t17-,21+,22+,23+,24+,25-,26-,27+,28+,29+,31+,32+/m0/s1. The van der Waals surface area contributed by atoms with Crippen LogP contribution in [0.25, 0.3) is 6.08 Å². The molecule has 2 aromatic carbocycles. The minimum atomic E-state index is -1.62. The molecule has 3 aliphatic heterocycles. The van der Waals surface area contributed by atoms with Gasteiger partial charge in [0, 0.05) is 5.56 Å². The van der Waals surface area contributed by atoms with Crippen molar-refractivity contribution in [3.8, 4) is 23.0 Å². The Labute approximate surface area is 275 Å². The van der Waals surface area contributed by atoms with Gasteiger partial charge in [-0.25, -0.2) is 0 Å². The smallest absolute Gasteiger partial charge is 0.229 e. The number of rotatable bonds is 12. The van der Waals surface area contributed by atoms with Crippen molar-refractivity contribution in [1.29, 1.82) is 0 Å². The van der Waals surface area contributed by atoms with E-state index in [2.05, 4.69) is 0 Å².